The zero-order valence-corrected chi connectivity index (χ0v) is 11.8. The Morgan fingerprint density at radius 2 is 1.53 bits per heavy atom. The first-order chi connectivity index (χ1) is 8.05. The number of nitrogens with zero attached hydrogens (tertiary/aromatic N) is 1. The Labute approximate surface area is 107 Å². The van der Waals surface area contributed by atoms with Crippen molar-refractivity contribution in [2.45, 2.75) is 58.8 Å². The van der Waals surface area contributed by atoms with Crippen LogP contribution in [0.5, 0.6) is 0 Å². The fraction of sp³-hybridized carbons (Fsp3) is 1.00. The van der Waals surface area contributed by atoms with Gasteiger partial charge in [-0.2, -0.15) is 0 Å². The van der Waals surface area contributed by atoms with Crippen molar-refractivity contribution in [1.82, 2.24) is 4.90 Å². The first-order valence-electron chi connectivity index (χ1n) is 7.48. The normalized spacial score (nSPS) is 29.1. The van der Waals surface area contributed by atoms with Crippen LogP contribution in [-0.2, 0) is 0 Å². The molecule has 0 aromatic heterocycles. The summed E-state index contributed by atoms with van der Waals surface area (Å²) in [5.74, 6) is 0. The third kappa shape index (κ3) is 3.45. The second kappa shape index (κ2) is 5.27. The van der Waals surface area contributed by atoms with E-state index in [-0.39, 0.29) is 0 Å². The highest BCUT2D eigenvalue weighted by Gasteiger charge is 2.34. The molecule has 1 saturated heterocycles. The minimum absolute atomic E-state index is 0.458. The molecule has 1 heterocycles. The first-order valence-corrected chi connectivity index (χ1v) is 7.48. The standard InChI is InChI=1S/C15H30N2/c1-14(2)8-10-17(11-9-14)13-15(12-16)6-4-3-5-7-15/h3-13,16H2,1-2H3. The van der Waals surface area contributed by atoms with Gasteiger partial charge in [-0.1, -0.05) is 33.1 Å². The number of rotatable bonds is 3. The molecule has 2 N–H and O–H groups in total. The second-order valence-corrected chi connectivity index (χ2v) is 7.21. The maximum absolute atomic E-state index is 6.08. The van der Waals surface area contributed by atoms with Gasteiger partial charge < -0.3 is 10.6 Å². The number of hydrogen-bond donors (Lipinski definition) is 1. The van der Waals surface area contributed by atoms with Gasteiger partial charge in [0.05, 0.1) is 0 Å². The van der Waals surface area contributed by atoms with Crippen LogP contribution >= 0.6 is 0 Å². The van der Waals surface area contributed by atoms with Gasteiger partial charge in [0.2, 0.25) is 0 Å². The van der Waals surface area contributed by atoms with Gasteiger partial charge in [0.15, 0.2) is 0 Å². The van der Waals surface area contributed by atoms with Crippen molar-refractivity contribution >= 4 is 0 Å². The van der Waals surface area contributed by atoms with Crippen molar-refractivity contribution in [2.24, 2.45) is 16.6 Å². The van der Waals surface area contributed by atoms with E-state index < -0.39 is 0 Å². The van der Waals surface area contributed by atoms with Crippen LogP contribution in [-0.4, -0.2) is 31.1 Å². The Morgan fingerprint density at radius 1 is 0.941 bits per heavy atom. The lowest BCUT2D eigenvalue weighted by atomic mass is 9.73. The summed E-state index contributed by atoms with van der Waals surface area (Å²) in [5, 5.41) is 0. The highest BCUT2D eigenvalue weighted by molar-refractivity contribution is 4.89. The lowest BCUT2D eigenvalue weighted by molar-refractivity contribution is 0.0646. The summed E-state index contributed by atoms with van der Waals surface area (Å²) in [4.78, 5) is 2.68. The van der Waals surface area contributed by atoms with Crippen LogP contribution in [0.3, 0.4) is 0 Å². The van der Waals surface area contributed by atoms with Crippen molar-refractivity contribution < 1.29 is 0 Å². The van der Waals surface area contributed by atoms with E-state index in [4.69, 9.17) is 5.73 Å². The van der Waals surface area contributed by atoms with E-state index >= 15 is 0 Å². The highest BCUT2D eigenvalue weighted by atomic mass is 15.1. The van der Waals surface area contributed by atoms with E-state index in [0.29, 0.717) is 10.8 Å². The highest BCUT2D eigenvalue weighted by Crippen LogP contribution is 2.38. The summed E-state index contributed by atoms with van der Waals surface area (Å²) in [5.41, 5.74) is 7.11. The average Bonchev–Trinajstić information content (AvgIpc) is 2.33. The molecule has 2 aliphatic rings. The minimum atomic E-state index is 0.458. The maximum atomic E-state index is 6.08. The molecule has 0 atom stereocenters. The van der Waals surface area contributed by atoms with Crippen molar-refractivity contribution in [2.75, 3.05) is 26.2 Å². The number of likely N-dealkylation sites (tertiary alicyclic amines) is 1. The summed E-state index contributed by atoms with van der Waals surface area (Å²) in [7, 11) is 0. The molecule has 0 aromatic rings. The van der Waals surface area contributed by atoms with Crippen LogP contribution in [0.15, 0.2) is 0 Å². The predicted molar refractivity (Wildman–Crippen MR) is 74.0 cm³/mol. The molecule has 1 aliphatic heterocycles. The Morgan fingerprint density at radius 3 is 2.06 bits per heavy atom. The van der Waals surface area contributed by atoms with Crippen LogP contribution < -0.4 is 5.73 Å². The molecular formula is C15H30N2. The van der Waals surface area contributed by atoms with Crippen LogP contribution in [0, 0.1) is 10.8 Å². The summed E-state index contributed by atoms with van der Waals surface area (Å²) in [6, 6.07) is 0. The molecule has 1 aliphatic carbocycles. The third-order valence-electron chi connectivity index (χ3n) is 5.12. The molecule has 2 nitrogen and oxygen atoms in total. The van der Waals surface area contributed by atoms with Gasteiger partial charge in [-0.15, -0.1) is 0 Å². The minimum Gasteiger partial charge on any atom is -0.330 e. The summed E-state index contributed by atoms with van der Waals surface area (Å²) < 4.78 is 0. The number of piperidine rings is 1. The monoisotopic (exact) mass is 238 g/mol. The largest absolute Gasteiger partial charge is 0.330 e. The van der Waals surface area contributed by atoms with Gasteiger partial charge in [-0.05, 0) is 56.1 Å². The van der Waals surface area contributed by atoms with E-state index in [0.717, 1.165) is 6.54 Å². The Hall–Kier alpha value is -0.0800. The Bertz CT molecular complexity index is 231. The number of hydrogen-bond acceptors (Lipinski definition) is 2. The summed E-state index contributed by atoms with van der Waals surface area (Å²) in [6.07, 6.45) is 9.66. The van der Waals surface area contributed by atoms with Crippen molar-refractivity contribution in [3.63, 3.8) is 0 Å². The maximum Gasteiger partial charge on any atom is 0.00501 e. The molecule has 2 fully saturated rings. The fourth-order valence-electron chi connectivity index (χ4n) is 3.52. The number of nitrogens with two attached hydrogens (primary N) is 1. The van der Waals surface area contributed by atoms with Crippen LogP contribution in [0.1, 0.15) is 58.8 Å². The predicted octanol–water partition coefficient (Wildman–Crippen LogP) is 3.02. The molecule has 0 radical (unpaired) electrons. The van der Waals surface area contributed by atoms with E-state index in [2.05, 4.69) is 18.7 Å². The molecule has 2 rings (SSSR count). The van der Waals surface area contributed by atoms with Gasteiger partial charge in [-0.25, -0.2) is 0 Å². The molecular weight excluding hydrogens is 208 g/mol. The van der Waals surface area contributed by atoms with Crippen LogP contribution in [0.25, 0.3) is 0 Å². The smallest absolute Gasteiger partial charge is 0.00501 e. The quantitative estimate of drug-likeness (QED) is 0.819. The van der Waals surface area contributed by atoms with E-state index in [9.17, 15) is 0 Å². The van der Waals surface area contributed by atoms with Gasteiger partial charge in [0.1, 0.15) is 0 Å². The molecule has 2 heteroatoms. The van der Waals surface area contributed by atoms with E-state index in [1.807, 2.05) is 0 Å². The first kappa shape index (κ1) is 13.4. The zero-order chi connectivity index (χ0) is 12.4. The molecule has 0 unspecified atom stereocenters. The zero-order valence-electron chi connectivity index (χ0n) is 11.8. The lowest BCUT2D eigenvalue weighted by Gasteiger charge is -2.44. The SMILES string of the molecule is CC1(C)CCN(CC2(CN)CCCCC2)CC1. The van der Waals surface area contributed by atoms with Gasteiger partial charge in [0, 0.05) is 6.54 Å². The molecule has 1 saturated carbocycles. The lowest BCUT2D eigenvalue weighted by Crippen LogP contribution is -2.47. The Kier molecular flexibility index (Phi) is 4.14. The van der Waals surface area contributed by atoms with E-state index in [1.165, 1.54) is 64.6 Å². The Balaban J connectivity index is 1.87. The van der Waals surface area contributed by atoms with Gasteiger partial charge in [-0.3, -0.25) is 0 Å². The summed E-state index contributed by atoms with van der Waals surface area (Å²) in [6.45, 7) is 9.54. The topological polar surface area (TPSA) is 29.3 Å². The van der Waals surface area contributed by atoms with Gasteiger partial charge >= 0.3 is 0 Å². The molecule has 0 amide bonds. The molecule has 17 heavy (non-hydrogen) atoms. The fourth-order valence-corrected chi connectivity index (χ4v) is 3.52. The molecule has 0 bridgehead atoms. The van der Waals surface area contributed by atoms with Gasteiger partial charge in [0.25, 0.3) is 0 Å². The molecule has 0 spiro atoms. The average molecular weight is 238 g/mol. The van der Waals surface area contributed by atoms with Crippen molar-refractivity contribution in [1.29, 1.82) is 0 Å². The summed E-state index contributed by atoms with van der Waals surface area (Å²) >= 11 is 0. The molecule has 100 valence electrons. The van der Waals surface area contributed by atoms with Crippen LogP contribution in [0.4, 0.5) is 0 Å². The van der Waals surface area contributed by atoms with Crippen molar-refractivity contribution in [3.8, 4) is 0 Å². The van der Waals surface area contributed by atoms with E-state index in [1.54, 1.807) is 0 Å². The second-order valence-electron chi connectivity index (χ2n) is 7.21. The third-order valence-corrected chi connectivity index (χ3v) is 5.12. The molecule has 0 aromatic carbocycles. The van der Waals surface area contributed by atoms with Crippen molar-refractivity contribution in [3.05, 3.63) is 0 Å². The van der Waals surface area contributed by atoms with Crippen LogP contribution in [0.2, 0.25) is 0 Å².